The molecule has 3 rings (SSSR count). The van der Waals surface area contributed by atoms with Crippen LogP contribution in [0.4, 0.5) is 10.2 Å². The Balaban J connectivity index is 1.75. The SMILES string of the molecule is CN(C)C(=O)c1ccc(-c2cnc(N)c(C(=O)NCC(=O)c3cccc(F)c3)n2)cc1. The van der Waals surface area contributed by atoms with E-state index in [-0.39, 0.29) is 29.5 Å². The normalized spacial score (nSPS) is 10.4. The zero-order valence-electron chi connectivity index (χ0n) is 16.9. The molecule has 0 aliphatic heterocycles. The molecule has 1 aromatic heterocycles. The third-order valence-electron chi connectivity index (χ3n) is 4.41. The summed E-state index contributed by atoms with van der Waals surface area (Å²) >= 11 is 0. The van der Waals surface area contributed by atoms with Crippen molar-refractivity contribution in [3.63, 3.8) is 0 Å². The minimum absolute atomic E-state index is 0.0983. The van der Waals surface area contributed by atoms with Crippen LogP contribution in [0.3, 0.4) is 0 Å². The van der Waals surface area contributed by atoms with Crippen molar-refractivity contribution in [2.45, 2.75) is 0 Å². The number of hydrogen-bond acceptors (Lipinski definition) is 6. The van der Waals surface area contributed by atoms with Crippen LogP contribution in [-0.4, -0.2) is 53.1 Å². The monoisotopic (exact) mass is 421 g/mol. The summed E-state index contributed by atoms with van der Waals surface area (Å²) in [7, 11) is 3.32. The van der Waals surface area contributed by atoms with Gasteiger partial charge in [-0.3, -0.25) is 14.4 Å². The van der Waals surface area contributed by atoms with E-state index < -0.39 is 17.5 Å². The van der Waals surface area contributed by atoms with E-state index in [1.807, 2.05) is 0 Å². The number of nitrogen functional groups attached to an aromatic ring is 1. The first-order chi connectivity index (χ1) is 14.8. The number of nitrogens with zero attached hydrogens (tertiary/aromatic N) is 3. The molecule has 2 amide bonds. The number of Topliss-reactive ketones (excluding diaryl/α,β-unsaturated/α-hetero) is 1. The maximum atomic E-state index is 13.3. The largest absolute Gasteiger partial charge is 0.382 e. The summed E-state index contributed by atoms with van der Waals surface area (Å²) in [6.07, 6.45) is 1.41. The fraction of sp³-hybridized carbons (Fsp3) is 0.136. The first-order valence-corrected chi connectivity index (χ1v) is 9.28. The minimum Gasteiger partial charge on any atom is -0.382 e. The summed E-state index contributed by atoms with van der Waals surface area (Å²) in [4.78, 5) is 46.4. The van der Waals surface area contributed by atoms with Crippen molar-refractivity contribution in [2.24, 2.45) is 0 Å². The molecule has 1 heterocycles. The molecule has 3 N–H and O–H groups in total. The molecule has 0 aliphatic carbocycles. The molecule has 0 unspecified atom stereocenters. The van der Waals surface area contributed by atoms with Gasteiger partial charge in [0.2, 0.25) is 0 Å². The second kappa shape index (κ2) is 9.12. The highest BCUT2D eigenvalue weighted by Crippen LogP contribution is 2.19. The van der Waals surface area contributed by atoms with E-state index in [4.69, 9.17) is 5.73 Å². The third kappa shape index (κ3) is 5.08. The Morgan fingerprint density at radius 3 is 2.42 bits per heavy atom. The number of hydrogen-bond donors (Lipinski definition) is 2. The third-order valence-corrected chi connectivity index (χ3v) is 4.41. The van der Waals surface area contributed by atoms with Gasteiger partial charge in [0.25, 0.3) is 11.8 Å². The Hall–Kier alpha value is -4.14. The number of amides is 2. The van der Waals surface area contributed by atoms with Gasteiger partial charge >= 0.3 is 0 Å². The molecule has 2 aromatic carbocycles. The van der Waals surface area contributed by atoms with E-state index in [1.54, 1.807) is 38.4 Å². The molecular formula is C22H20FN5O3. The Morgan fingerprint density at radius 2 is 1.77 bits per heavy atom. The van der Waals surface area contributed by atoms with Crippen molar-refractivity contribution in [3.8, 4) is 11.3 Å². The predicted molar refractivity (Wildman–Crippen MR) is 113 cm³/mol. The van der Waals surface area contributed by atoms with Gasteiger partial charge in [-0.15, -0.1) is 0 Å². The van der Waals surface area contributed by atoms with E-state index >= 15 is 0 Å². The highest BCUT2D eigenvalue weighted by Gasteiger charge is 2.17. The molecule has 9 heteroatoms. The fourth-order valence-corrected chi connectivity index (χ4v) is 2.75. The molecule has 0 saturated carbocycles. The summed E-state index contributed by atoms with van der Waals surface area (Å²) in [6, 6.07) is 11.8. The number of rotatable bonds is 6. The smallest absolute Gasteiger partial charge is 0.274 e. The van der Waals surface area contributed by atoms with Gasteiger partial charge in [-0.25, -0.2) is 14.4 Å². The maximum Gasteiger partial charge on any atom is 0.274 e. The van der Waals surface area contributed by atoms with Gasteiger partial charge < -0.3 is 16.0 Å². The molecule has 31 heavy (non-hydrogen) atoms. The van der Waals surface area contributed by atoms with Crippen LogP contribution in [0.25, 0.3) is 11.3 Å². The Kier molecular flexibility index (Phi) is 6.35. The van der Waals surface area contributed by atoms with Gasteiger partial charge in [0.1, 0.15) is 5.82 Å². The summed E-state index contributed by atoms with van der Waals surface area (Å²) in [6.45, 7) is -0.352. The van der Waals surface area contributed by atoms with Gasteiger partial charge in [0.05, 0.1) is 18.4 Å². The summed E-state index contributed by atoms with van der Waals surface area (Å²) in [5.74, 6) is -1.93. The average Bonchev–Trinajstić information content (AvgIpc) is 2.77. The lowest BCUT2D eigenvalue weighted by Gasteiger charge is -2.11. The molecule has 0 bridgehead atoms. The maximum absolute atomic E-state index is 13.3. The number of carbonyl (C=O) groups excluding carboxylic acids is 3. The van der Waals surface area contributed by atoms with Crippen LogP contribution >= 0.6 is 0 Å². The van der Waals surface area contributed by atoms with Crippen LogP contribution in [-0.2, 0) is 0 Å². The van der Waals surface area contributed by atoms with Crippen molar-refractivity contribution in [1.29, 1.82) is 0 Å². The van der Waals surface area contributed by atoms with E-state index in [0.717, 1.165) is 6.07 Å². The second-order valence-corrected chi connectivity index (χ2v) is 6.88. The van der Waals surface area contributed by atoms with Crippen LogP contribution in [0, 0.1) is 5.82 Å². The number of aromatic nitrogens is 2. The van der Waals surface area contributed by atoms with Crippen LogP contribution in [0.5, 0.6) is 0 Å². The van der Waals surface area contributed by atoms with E-state index in [1.165, 1.54) is 29.3 Å². The first kappa shape index (κ1) is 21.6. The Labute approximate surface area is 177 Å². The van der Waals surface area contributed by atoms with Crippen LogP contribution in [0.2, 0.25) is 0 Å². The summed E-state index contributed by atoms with van der Waals surface area (Å²) in [5, 5.41) is 2.43. The summed E-state index contributed by atoms with van der Waals surface area (Å²) in [5.41, 5.74) is 7.29. The molecule has 0 saturated heterocycles. The van der Waals surface area contributed by atoms with Gasteiger partial charge in [0, 0.05) is 30.8 Å². The van der Waals surface area contributed by atoms with Crippen molar-refractivity contribution in [3.05, 3.63) is 77.4 Å². The molecular weight excluding hydrogens is 401 g/mol. The Bertz CT molecular complexity index is 1150. The zero-order chi connectivity index (χ0) is 22.5. The fourth-order valence-electron chi connectivity index (χ4n) is 2.75. The van der Waals surface area contributed by atoms with E-state index in [0.29, 0.717) is 16.8 Å². The molecule has 0 aliphatic rings. The van der Waals surface area contributed by atoms with Gasteiger partial charge in [-0.2, -0.15) is 0 Å². The first-order valence-electron chi connectivity index (χ1n) is 9.28. The van der Waals surface area contributed by atoms with Gasteiger partial charge in [-0.1, -0.05) is 24.3 Å². The zero-order valence-corrected chi connectivity index (χ0v) is 16.9. The highest BCUT2D eigenvalue weighted by atomic mass is 19.1. The number of anilines is 1. The van der Waals surface area contributed by atoms with Gasteiger partial charge in [0.15, 0.2) is 17.3 Å². The van der Waals surface area contributed by atoms with Crippen molar-refractivity contribution in [2.75, 3.05) is 26.4 Å². The molecule has 0 atom stereocenters. The molecule has 158 valence electrons. The quantitative estimate of drug-likeness (QED) is 0.589. The van der Waals surface area contributed by atoms with E-state index in [2.05, 4.69) is 15.3 Å². The Morgan fingerprint density at radius 1 is 1.06 bits per heavy atom. The van der Waals surface area contributed by atoms with Gasteiger partial charge in [-0.05, 0) is 24.3 Å². The summed E-state index contributed by atoms with van der Waals surface area (Å²) < 4.78 is 13.3. The number of ketones is 1. The number of halogens is 1. The molecule has 8 nitrogen and oxygen atoms in total. The van der Waals surface area contributed by atoms with Crippen molar-refractivity contribution in [1.82, 2.24) is 20.2 Å². The standard InChI is InChI=1S/C22H20FN5O3/c1-28(2)22(31)14-8-6-13(7-9-14)17-11-25-20(24)19(27-17)21(30)26-12-18(29)15-4-3-5-16(23)10-15/h3-11H,12H2,1-2H3,(H2,24,25)(H,26,30). The van der Waals surface area contributed by atoms with Crippen molar-refractivity contribution < 1.29 is 18.8 Å². The second-order valence-electron chi connectivity index (χ2n) is 6.88. The number of nitrogens with two attached hydrogens (primary N) is 1. The lowest BCUT2D eigenvalue weighted by atomic mass is 10.1. The highest BCUT2D eigenvalue weighted by molar-refractivity contribution is 6.03. The molecule has 0 fully saturated rings. The van der Waals surface area contributed by atoms with Crippen LogP contribution < -0.4 is 11.1 Å². The van der Waals surface area contributed by atoms with E-state index in [9.17, 15) is 18.8 Å². The lowest BCUT2D eigenvalue weighted by molar-refractivity contribution is 0.0827. The number of benzene rings is 2. The minimum atomic E-state index is -0.684. The number of carbonyl (C=O) groups is 3. The predicted octanol–water partition coefficient (Wildman–Crippen LogP) is 2.18. The molecule has 3 aromatic rings. The number of nitrogens with one attached hydrogen (secondary N) is 1. The average molecular weight is 421 g/mol. The topological polar surface area (TPSA) is 118 Å². The van der Waals surface area contributed by atoms with Crippen LogP contribution in [0.1, 0.15) is 31.2 Å². The van der Waals surface area contributed by atoms with Crippen LogP contribution in [0.15, 0.2) is 54.7 Å². The molecule has 0 spiro atoms. The lowest BCUT2D eigenvalue weighted by Crippen LogP contribution is -2.31. The molecule has 0 radical (unpaired) electrons. The van der Waals surface area contributed by atoms with Crippen molar-refractivity contribution >= 4 is 23.4 Å².